The van der Waals surface area contributed by atoms with Crippen molar-refractivity contribution in [3.05, 3.63) is 131 Å². The minimum absolute atomic E-state index is 0. The molecule has 0 spiro atoms. The summed E-state index contributed by atoms with van der Waals surface area (Å²) in [6, 6.07) is 44.2. The predicted octanol–water partition coefficient (Wildman–Crippen LogP) is 10.8. The van der Waals surface area contributed by atoms with Crippen molar-refractivity contribution >= 4 is 70.5 Å². The molecule has 0 aliphatic rings. The first kappa shape index (κ1) is 30.5. The first-order chi connectivity index (χ1) is 18.3. The molecule has 0 nitrogen and oxygen atoms in total. The summed E-state index contributed by atoms with van der Waals surface area (Å²) in [5, 5.41) is 9.43. The second-order valence-corrected chi connectivity index (χ2v) is 14.8. The fourth-order valence-corrected chi connectivity index (χ4v) is 13.0. The van der Waals surface area contributed by atoms with Gasteiger partial charge in [0.1, 0.15) is 0 Å². The summed E-state index contributed by atoms with van der Waals surface area (Å²) in [6.07, 6.45) is 1.17. The molecule has 0 N–H and O–H groups in total. The second-order valence-electron chi connectivity index (χ2n) is 9.12. The average molecular weight is 564 g/mol. The van der Waals surface area contributed by atoms with E-state index in [2.05, 4.69) is 128 Å². The van der Waals surface area contributed by atoms with E-state index in [9.17, 15) is 0 Å². The number of rotatable bonds is 7. The summed E-state index contributed by atoms with van der Waals surface area (Å²) < 4.78 is 0. The van der Waals surface area contributed by atoms with E-state index in [1.54, 1.807) is 10.1 Å². The van der Waals surface area contributed by atoms with E-state index in [4.69, 9.17) is 0 Å². The molecule has 0 saturated heterocycles. The minimum atomic E-state index is 0. The normalized spacial score (nSPS) is 12.1. The molecule has 2 unspecified atom stereocenters. The predicted molar refractivity (Wildman–Crippen MR) is 185 cm³/mol. The van der Waals surface area contributed by atoms with Gasteiger partial charge in [-0.1, -0.05) is 145 Å². The van der Waals surface area contributed by atoms with Gasteiger partial charge in [0.15, 0.2) is 0 Å². The van der Waals surface area contributed by atoms with E-state index in [1.807, 2.05) is 0 Å². The van der Waals surface area contributed by atoms with Crippen LogP contribution in [0, 0.1) is 0 Å². The SMILES string of the molecule is CCC(c1pc(-c2ccccc2)c(-c2ccccc2)[pH]1)c1pc(-c2ccccc2)c(-c2ccccc2)[pH]1.[LiH].[LiH]. The van der Waals surface area contributed by atoms with Crippen LogP contribution in [0.15, 0.2) is 121 Å². The Bertz CT molecular complexity index is 1360. The van der Waals surface area contributed by atoms with Crippen LogP contribution >= 0.6 is 32.8 Å². The van der Waals surface area contributed by atoms with Crippen LogP contribution in [-0.4, -0.2) is 37.7 Å². The summed E-state index contributed by atoms with van der Waals surface area (Å²) in [5.41, 5.74) is 5.48. The molecule has 6 heteroatoms. The third-order valence-electron chi connectivity index (χ3n) is 6.73. The van der Waals surface area contributed by atoms with Crippen LogP contribution in [0.3, 0.4) is 0 Å². The standard InChI is InChI=1S/C33H28P4.2Li.2H/c1-2-27(32-34-28(23-15-7-3-8-16-23)29(35-32)24-17-9-4-10-18-24)33-36-30(25-19-11-5-12-20-25)31(37-33)26-21-13-6-14-22-26;;;;/h3-22,27,34,36H,2H2,1H3;;;;. The van der Waals surface area contributed by atoms with E-state index >= 15 is 0 Å². The Morgan fingerprint density at radius 1 is 0.487 bits per heavy atom. The van der Waals surface area contributed by atoms with Crippen molar-refractivity contribution in [1.29, 1.82) is 0 Å². The topological polar surface area (TPSA) is 0 Å². The van der Waals surface area contributed by atoms with Gasteiger partial charge in [-0.3, -0.25) is 0 Å². The average Bonchev–Trinajstić information content (AvgIpc) is 3.61. The molecule has 2 aromatic heterocycles. The zero-order chi connectivity index (χ0) is 25.0. The molecule has 39 heavy (non-hydrogen) atoms. The summed E-state index contributed by atoms with van der Waals surface area (Å²) in [7, 11) is 4.32. The van der Waals surface area contributed by atoms with Crippen molar-refractivity contribution in [2.24, 2.45) is 0 Å². The molecule has 0 radical (unpaired) electrons. The molecule has 4 aromatic carbocycles. The van der Waals surface area contributed by atoms with Crippen LogP contribution in [0.5, 0.6) is 0 Å². The van der Waals surface area contributed by atoms with Gasteiger partial charge in [-0.15, -0.1) is 16.4 Å². The Morgan fingerprint density at radius 2 is 0.795 bits per heavy atom. The van der Waals surface area contributed by atoms with Crippen LogP contribution < -0.4 is 0 Å². The van der Waals surface area contributed by atoms with Crippen LogP contribution in [-0.2, 0) is 0 Å². The summed E-state index contributed by atoms with van der Waals surface area (Å²) in [6.45, 7) is 2.38. The van der Waals surface area contributed by atoms with E-state index in [0.29, 0.717) is 5.92 Å². The maximum absolute atomic E-state index is 2.38. The molecular formula is C33H30Li2P4. The van der Waals surface area contributed by atoms with E-state index in [0.717, 1.165) is 16.4 Å². The van der Waals surface area contributed by atoms with Gasteiger partial charge in [-0.2, -0.15) is 0 Å². The zero-order valence-electron chi connectivity index (χ0n) is 20.7. The monoisotopic (exact) mass is 564 g/mol. The molecule has 0 aliphatic heterocycles. The molecule has 0 fully saturated rings. The number of hydrogen-bond acceptors (Lipinski definition) is 0. The van der Waals surface area contributed by atoms with Crippen LogP contribution in [0.2, 0.25) is 0 Å². The molecule has 184 valence electrons. The van der Waals surface area contributed by atoms with Crippen molar-refractivity contribution < 1.29 is 0 Å². The molecule has 2 heterocycles. The van der Waals surface area contributed by atoms with Crippen molar-refractivity contribution in [3.8, 4) is 43.4 Å². The van der Waals surface area contributed by atoms with Crippen molar-refractivity contribution in [3.63, 3.8) is 0 Å². The van der Waals surface area contributed by atoms with Gasteiger partial charge < -0.3 is 0 Å². The fourth-order valence-electron chi connectivity index (χ4n) is 4.87. The second kappa shape index (κ2) is 14.4. The number of benzene rings is 4. The maximum atomic E-state index is 2.38. The molecular weight excluding hydrogens is 534 g/mol. The van der Waals surface area contributed by atoms with Gasteiger partial charge in [-0.05, 0) is 28.7 Å². The van der Waals surface area contributed by atoms with Crippen molar-refractivity contribution in [1.82, 2.24) is 0 Å². The first-order valence-electron chi connectivity index (χ1n) is 12.7. The summed E-state index contributed by atoms with van der Waals surface area (Å²) in [4.78, 5) is 0. The molecule has 0 aliphatic carbocycles. The van der Waals surface area contributed by atoms with Crippen LogP contribution in [0.1, 0.15) is 29.3 Å². The van der Waals surface area contributed by atoms with Crippen molar-refractivity contribution in [2.45, 2.75) is 19.3 Å². The van der Waals surface area contributed by atoms with E-state index in [1.165, 1.54) is 66.2 Å². The molecule has 0 saturated carbocycles. The van der Waals surface area contributed by atoms with Gasteiger partial charge in [0.25, 0.3) is 0 Å². The van der Waals surface area contributed by atoms with Gasteiger partial charge in [0.05, 0.1) is 0 Å². The van der Waals surface area contributed by atoms with Gasteiger partial charge in [-0.25, -0.2) is 0 Å². The van der Waals surface area contributed by atoms with Crippen LogP contribution in [0.25, 0.3) is 43.4 Å². The van der Waals surface area contributed by atoms with Crippen molar-refractivity contribution in [2.75, 3.05) is 0 Å². The summed E-state index contributed by atoms with van der Waals surface area (Å²) >= 11 is 0. The third-order valence-corrected chi connectivity index (χ3v) is 13.8. The fraction of sp³-hybridized carbons (Fsp3) is 0.0909. The molecule has 6 rings (SSSR count). The van der Waals surface area contributed by atoms with Gasteiger partial charge in [0, 0.05) is 37.2 Å². The Balaban J connectivity index is 0.00000176. The quantitative estimate of drug-likeness (QED) is 0.169. The Hall–Kier alpha value is -1.51. The zero-order valence-corrected chi connectivity index (χ0v) is 24.5. The molecule has 0 amide bonds. The molecule has 2 atom stereocenters. The first-order valence-corrected chi connectivity index (χ1v) is 16.5. The Kier molecular flexibility index (Phi) is 11.2. The Morgan fingerprint density at radius 3 is 1.10 bits per heavy atom. The number of hydrogen-bond donors (Lipinski definition) is 0. The molecule has 6 aromatic rings. The van der Waals surface area contributed by atoms with E-state index in [-0.39, 0.29) is 37.7 Å². The third kappa shape index (κ3) is 6.70. The van der Waals surface area contributed by atoms with Gasteiger partial charge >= 0.3 is 37.7 Å². The van der Waals surface area contributed by atoms with Crippen LogP contribution in [0.4, 0.5) is 0 Å². The molecule has 0 bridgehead atoms. The van der Waals surface area contributed by atoms with Gasteiger partial charge in [0.2, 0.25) is 0 Å². The van der Waals surface area contributed by atoms with E-state index < -0.39 is 0 Å². The summed E-state index contributed by atoms with van der Waals surface area (Å²) in [5.74, 6) is 0.542. The Labute approximate surface area is 262 Å².